The maximum atomic E-state index is 12.9. The van der Waals surface area contributed by atoms with Crippen molar-refractivity contribution in [1.82, 2.24) is 9.88 Å². The molecule has 0 radical (unpaired) electrons. The molecule has 1 aliphatic heterocycles. The first kappa shape index (κ1) is 16.0. The molecule has 0 bridgehead atoms. The van der Waals surface area contributed by atoms with E-state index >= 15 is 0 Å². The van der Waals surface area contributed by atoms with E-state index in [0.29, 0.717) is 23.9 Å². The van der Waals surface area contributed by atoms with Crippen molar-refractivity contribution in [3.05, 3.63) is 64.3 Å². The van der Waals surface area contributed by atoms with Crippen LogP contribution in [0.3, 0.4) is 0 Å². The molecular weight excluding hydrogens is 336 g/mol. The molecule has 0 spiro atoms. The van der Waals surface area contributed by atoms with Gasteiger partial charge in [-0.25, -0.2) is 0 Å². The Morgan fingerprint density at radius 2 is 2.08 bits per heavy atom. The summed E-state index contributed by atoms with van der Waals surface area (Å²) in [6.45, 7) is 3.93. The number of benzene rings is 2. The minimum absolute atomic E-state index is 0.0137. The van der Waals surface area contributed by atoms with Gasteiger partial charge in [0.05, 0.1) is 6.61 Å². The van der Waals surface area contributed by atoms with Crippen LogP contribution in [0.2, 0.25) is 5.02 Å². The van der Waals surface area contributed by atoms with E-state index in [-0.39, 0.29) is 5.91 Å². The van der Waals surface area contributed by atoms with Gasteiger partial charge in [-0.3, -0.25) is 4.79 Å². The topological polar surface area (TPSA) is 45.3 Å². The molecule has 0 saturated heterocycles. The number of rotatable bonds is 3. The van der Waals surface area contributed by atoms with Crippen molar-refractivity contribution in [2.24, 2.45) is 0 Å². The van der Waals surface area contributed by atoms with E-state index in [2.05, 4.69) is 11.1 Å². The summed E-state index contributed by atoms with van der Waals surface area (Å²) >= 11 is 6.03. The van der Waals surface area contributed by atoms with Gasteiger partial charge in [0.1, 0.15) is 11.4 Å². The molecule has 1 amide bonds. The summed E-state index contributed by atoms with van der Waals surface area (Å²) in [5.41, 5.74) is 3.93. The van der Waals surface area contributed by atoms with E-state index in [1.807, 2.05) is 48.2 Å². The molecule has 1 aliphatic rings. The van der Waals surface area contributed by atoms with Crippen molar-refractivity contribution in [3.8, 4) is 5.75 Å². The molecule has 128 valence electrons. The van der Waals surface area contributed by atoms with Gasteiger partial charge in [0, 0.05) is 29.0 Å². The van der Waals surface area contributed by atoms with E-state index in [1.54, 1.807) is 0 Å². The minimum atomic E-state index is 0.0137. The molecule has 0 atom stereocenters. The van der Waals surface area contributed by atoms with Gasteiger partial charge in [0.25, 0.3) is 5.91 Å². The van der Waals surface area contributed by atoms with Crippen molar-refractivity contribution < 1.29 is 9.53 Å². The molecule has 0 fully saturated rings. The third-order valence-corrected chi connectivity index (χ3v) is 4.84. The van der Waals surface area contributed by atoms with Crippen molar-refractivity contribution in [3.63, 3.8) is 0 Å². The van der Waals surface area contributed by atoms with Gasteiger partial charge >= 0.3 is 0 Å². The average molecular weight is 355 g/mol. The first-order valence-corrected chi connectivity index (χ1v) is 8.84. The number of H-pyrrole nitrogens is 1. The minimum Gasteiger partial charge on any atom is -0.494 e. The van der Waals surface area contributed by atoms with E-state index < -0.39 is 0 Å². The van der Waals surface area contributed by atoms with Crippen LogP contribution in [0.25, 0.3) is 10.9 Å². The zero-order valence-electron chi connectivity index (χ0n) is 14.0. The fraction of sp³-hybridized carbons (Fsp3) is 0.250. The van der Waals surface area contributed by atoms with Crippen molar-refractivity contribution in [2.45, 2.75) is 19.9 Å². The Hall–Kier alpha value is -2.46. The lowest BCUT2D eigenvalue weighted by atomic mass is 9.99. The molecule has 25 heavy (non-hydrogen) atoms. The summed E-state index contributed by atoms with van der Waals surface area (Å²) in [4.78, 5) is 18.0. The quantitative estimate of drug-likeness (QED) is 0.756. The number of aromatic amines is 1. The number of aromatic nitrogens is 1. The molecule has 2 heterocycles. The van der Waals surface area contributed by atoms with Crippen LogP contribution >= 0.6 is 11.6 Å². The molecule has 0 saturated carbocycles. The lowest BCUT2D eigenvalue weighted by Crippen LogP contribution is -2.36. The van der Waals surface area contributed by atoms with E-state index in [4.69, 9.17) is 16.3 Å². The standard InChI is InChI=1S/C20H19ClN2O2/c1-2-25-17-6-4-13-7-8-23(12-15(13)9-17)20(24)19-10-14-3-5-16(21)11-18(14)22-19/h3-6,9-11,22H,2,7-8,12H2,1H3. The summed E-state index contributed by atoms with van der Waals surface area (Å²) in [5.74, 6) is 0.871. The fourth-order valence-electron chi connectivity index (χ4n) is 3.35. The van der Waals surface area contributed by atoms with Crippen molar-refractivity contribution in [1.29, 1.82) is 0 Å². The SMILES string of the molecule is CCOc1ccc2c(c1)CN(C(=O)c1cc3ccc(Cl)cc3[nH]1)CC2. The van der Waals surface area contributed by atoms with Crippen molar-refractivity contribution >= 4 is 28.4 Å². The summed E-state index contributed by atoms with van der Waals surface area (Å²) in [6, 6.07) is 13.6. The molecule has 5 heteroatoms. The molecule has 0 unspecified atom stereocenters. The summed E-state index contributed by atoms with van der Waals surface area (Å²) < 4.78 is 5.58. The highest BCUT2D eigenvalue weighted by Gasteiger charge is 2.23. The number of hydrogen-bond acceptors (Lipinski definition) is 2. The second-order valence-electron chi connectivity index (χ2n) is 6.25. The number of halogens is 1. The predicted molar refractivity (Wildman–Crippen MR) is 99.4 cm³/mol. The highest BCUT2D eigenvalue weighted by atomic mass is 35.5. The Bertz CT molecular complexity index is 948. The van der Waals surface area contributed by atoms with Gasteiger partial charge in [0.2, 0.25) is 0 Å². The number of fused-ring (bicyclic) bond motifs is 2. The molecular formula is C20H19ClN2O2. The van der Waals surface area contributed by atoms with Gasteiger partial charge < -0.3 is 14.6 Å². The Balaban J connectivity index is 1.59. The van der Waals surface area contributed by atoms with Crippen molar-refractivity contribution in [2.75, 3.05) is 13.2 Å². The van der Waals surface area contributed by atoms with Crippen LogP contribution in [0, 0.1) is 0 Å². The zero-order valence-corrected chi connectivity index (χ0v) is 14.8. The lowest BCUT2D eigenvalue weighted by Gasteiger charge is -2.29. The number of nitrogens with zero attached hydrogens (tertiary/aromatic N) is 1. The predicted octanol–water partition coefficient (Wildman–Crippen LogP) is 4.42. The third-order valence-electron chi connectivity index (χ3n) is 4.60. The fourth-order valence-corrected chi connectivity index (χ4v) is 3.52. The second-order valence-corrected chi connectivity index (χ2v) is 6.69. The normalized spacial score (nSPS) is 13.8. The summed E-state index contributed by atoms with van der Waals surface area (Å²) in [5, 5.41) is 1.65. The van der Waals surface area contributed by atoms with Gasteiger partial charge in [0.15, 0.2) is 0 Å². The largest absolute Gasteiger partial charge is 0.494 e. The Morgan fingerprint density at radius 3 is 2.92 bits per heavy atom. The molecule has 1 aromatic heterocycles. The Morgan fingerprint density at radius 1 is 1.20 bits per heavy atom. The van der Waals surface area contributed by atoms with E-state index in [1.165, 1.54) is 5.56 Å². The van der Waals surface area contributed by atoms with E-state index in [9.17, 15) is 4.79 Å². The lowest BCUT2D eigenvalue weighted by molar-refractivity contribution is 0.0729. The molecule has 0 aliphatic carbocycles. The van der Waals surface area contributed by atoms with Crippen LogP contribution in [0.15, 0.2) is 42.5 Å². The molecule has 1 N–H and O–H groups in total. The second kappa shape index (κ2) is 6.45. The van der Waals surface area contributed by atoms with E-state index in [0.717, 1.165) is 35.2 Å². The number of hydrogen-bond donors (Lipinski definition) is 1. The Labute approximate surface area is 151 Å². The maximum Gasteiger partial charge on any atom is 0.270 e. The van der Waals surface area contributed by atoms with Crippen LogP contribution in [0.5, 0.6) is 5.75 Å². The van der Waals surface area contributed by atoms with Crippen LogP contribution < -0.4 is 4.74 Å². The number of amides is 1. The Kier molecular flexibility index (Phi) is 4.14. The maximum absolute atomic E-state index is 12.9. The average Bonchev–Trinajstić information content (AvgIpc) is 3.04. The van der Waals surface area contributed by atoms with Gasteiger partial charge in [-0.05, 0) is 54.8 Å². The number of carbonyl (C=O) groups is 1. The first-order chi connectivity index (χ1) is 12.1. The van der Waals surface area contributed by atoms with Gasteiger partial charge in [-0.1, -0.05) is 23.7 Å². The molecule has 2 aromatic carbocycles. The summed E-state index contributed by atoms with van der Waals surface area (Å²) in [6.07, 6.45) is 0.861. The highest BCUT2D eigenvalue weighted by Crippen LogP contribution is 2.26. The third kappa shape index (κ3) is 3.10. The molecule has 4 nitrogen and oxygen atoms in total. The highest BCUT2D eigenvalue weighted by molar-refractivity contribution is 6.31. The first-order valence-electron chi connectivity index (χ1n) is 8.46. The van der Waals surface area contributed by atoms with Gasteiger partial charge in [-0.2, -0.15) is 0 Å². The number of carbonyl (C=O) groups excluding carboxylic acids is 1. The molecule has 4 rings (SSSR count). The smallest absolute Gasteiger partial charge is 0.270 e. The van der Waals surface area contributed by atoms with Gasteiger partial charge in [-0.15, -0.1) is 0 Å². The van der Waals surface area contributed by atoms with Crippen LogP contribution in [-0.2, 0) is 13.0 Å². The van der Waals surface area contributed by atoms with Crippen LogP contribution in [0.1, 0.15) is 28.5 Å². The molecule has 3 aromatic rings. The van der Waals surface area contributed by atoms with Crippen LogP contribution in [0.4, 0.5) is 0 Å². The summed E-state index contributed by atoms with van der Waals surface area (Å²) in [7, 11) is 0. The number of nitrogens with one attached hydrogen (secondary N) is 1. The zero-order chi connectivity index (χ0) is 17.4. The number of ether oxygens (including phenoxy) is 1. The monoisotopic (exact) mass is 354 g/mol. The van der Waals surface area contributed by atoms with Crippen LogP contribution in [-0.4, -0.2) is 28.9 Å².